The lowest BCUT2D eigenvalue weighted by Gasteiger charge is -2.34. The fraction of sp³-hybridized carbons (Fsp3) is 0.867. The maximum Gasteiger partial charge on any atom is 0.235 e. The van der Waals surface area contributed by atoms with E-state index in [1.807, 2.05) is 18.7 Å². The fourth-order valence-corrected chi connectivity index (χ4v) is 4.02. The lowest BCUT2D eigenvalue weighted by Crippen LogP contribution is -2.50. The van der Waals surface area contributed by atoms with E-state index >= 15 is 0 Å². The summed E-state index contributed by atoms with van der Waals surface area (Å²) in [6.45, 7) is 8.10. The maximum absolute atomic E-state index is 12.9. The number of nitrogens with two attached hydrogens (primary N) is 1. The Kier molecular flexibility index (Phi) is 5.02. The predicted molar refractivity (Wildman–Crippen MR) is 85.6 cm³/mol. The van der Waals surface area contributed by atoms with Gasteiger partial charge in [-0.25, -0.2) is 0 Å². The van der Waals surface area contributed by atoms with Gasteiger partial charge in [-0.1, -0.05) is 26.1 Å². The molecule has 20 heavy (non-hydrogen) atoms. The molecule has 0 aromatic rings. The molecule has 0 saturated carbocycles. The number of hydrogen-bond acceptors (Lipinski definition) is 3. The van der Waals surface area contributed by atoms with Crippen molar-refractivity contribution in [3.63, 3.8) is 0 Å². The molecule has 2 fully saturated rings. The van der Waals surface area contributed by atoms with Crippen molar-refractivity contribution >= 4 is 23.1 Å². The Bertz CT molecular complexity index is 375. The second kappa shape index (κ2) is 6.39. The summed E-state index contributed by atoms with van der Waals surface area (Å²) in [5.74, 6) is 0.150. The highest BCUT2D eigenvalue weighted by Gasteiger charge is 2.43. The number of carbonyl (C=O) groups is 1. The lowest BCUT2D eigenvalue weighted by molar-refractivity contribution is -0.137. The Morgan fingerprint density at radius 2 is 1.85 bits per heavy atom. The molecule has 2 aliphatic heterocycles. The summed E-state index contributed by atoms with van der Waals surface area (Å²) in [7, 11) is 0. The molecule has 0 radical (unpaired) electrons. The molecular formula is C15H27N3OS. The first-order chi connectivity index (χ1) is 9.55. The van der Waals surface area contributed by atoms with Crippen LogP contribution in [0.5, 0.6) is 0 Å². The van der Waals surface area contributed by atoms with Crippen LogP contribution in [-0.4, -0.2) is 52.9 Å². The maximum atomic E-state index is 12.9. The van der Waals surface area contributed by atoms with Crippen molar-refractivity contribution in [2.45, 2.75) is 52.0 Å². The van der Waals surface area contributed by atoms with E-state index < -0.39 is 5.41 Å². The molecule has 0 aliphatic carbocycles. The van der Waals surface area contributed by atoms with Gasteiger partial charge in [-0.3, -0.25) is 9.69 Å². The van der Waals surface area contributed by atoms with Crippen LogP contribution in [0, 0.1) is 5.41 Å². The molecule has 0 spiro atoms. The van der Waals surface area contributed by atoms with Crippen molar-refractivity contribution in [3.8, 4) is 0 Å². The number of rotatable bonds is 5. The molecule has 4 nitrogen and oxygen atoms in total. The third-order valence-electron chi connectivity index (χ3n) is 5.20. The summed E-state index contributed by atoms with van der Waals surface area (Å²) >= 11 is 5.20. The standard InChI is InChI=1S/C15H27N3OS/c1-3-15(4-2,13(16)20)14(19)18-10-7-12(11-18)17-8-5-6-9-17/h12H,3-11H2,1-2H3,(H2,16,20). The van der Waals surface area contributed by atoms with Gasteiger partial charge in [-0.2, -0.15) is 0 Å². The highest BCUT2D eigenvalue weighted by atomic mass is 32.1. The van der Waals surface area contributed by atoms with E-state index in [2.05, 4.69) is 4.90 Å². The van der Waals surface area contributed by atoms with Gasteiger partial charge in [0.15, 0.2) is 0 Å². The summed E-state index contributed by atoms with van der Waals surface area (Å²) in [4.78, 5) is 17.8. The van der Waals surface area contributed by atoms with Gasteiger partial charge in [0.25, 0.3) is 0 Å². The minimum Gasteiger partial charge on any atom is -0.392 e. The van der Waals surface area contributed by atoms with Crippen molar-refractivity contribution in [2.24, 2.45) is 11.1 Å². The first kappa shape index (κ1) is 15.7. The SMILES string of the molecule is CCC(CC)(C(=O)N1CCC(N2CCCC2)C1)C(N)=S. The lowest BCUT2D eigenvalue weighted by atomic mass is 9.81. The minimum atomic E-state index is -0.630. The smallest absolute Gasteiger partial charge is 0.235 e. The molecule has 0 bridgehead atoms. The summed E-state index contributed by atoms with van der Waals surface area (Å²) in [5, 5.41) is 0. The number of amides is 1. The molecule has 2 N–H and O–H groups in total. The van der Waals surface area contributed by atoms with E-state index in [1.54, 1.807) is 0 Å². The van der Waals surface area contributed by atoms with E-state index in [4.69, 9.17) is 18.0 Å². The Balaban J connectivity index is 2.04. The van der Waals surface area contributed by atoms with Crippen LogP contribution >= 0.6 is 12.2 Å². The third-order valence-corrected chi connectivity index (χ3v) is 5.59. The van der Waals surface area contributed by atoms with Crippen LogP contribution in [0.2, 0.25) is 0 Å². The van der Waals surface area contributed by atoms with Crippen LogP contribution in [0.15, 0.2) is 0 Å². The topological polar surface area (TPSA) is 49.6 Å². The first-order valence-corrected chi connectivity index (χ1v) is 8.29. The molecule has 2 rings (SSSR count). The number of hydrogen-bond donors (Lipinski definition) is 1. The molecule has 1 atom stereocenters. The summed E-state index contributed by atoms with van der Waals surface area (Å²) in [6, 6.07) is 0.541. The van der Waals surface area contributed by atoms with Crippen LogP contribution in [0.25, 0.3) is 0 Å². The van der Waals surface area contributed by atoms with Crippen molar-refractivity contribution < 1.29 is 4.79 Å². The molecule has 1 unspecified atom stereocenters. The molecule has 2 saturated heterocycles. The molecule has 2 aliphatic rings. The van der Waals surface area contributed by atoms with Crippen LogP contribution in [0.1, 0.15) is 46.0 Å². The van der Waals surface area contributed by atoms with E-state index in [0.29, 0.717) is 23.9 Å². The zero-order chi connectivity index (χ0) is 14.8. The van der Waals surface area contributed by atoms with Crippen molar-refractivity contribution in [1.82, 2.24) is 9.80 Å². The van der Waals surface area contributed by atoms with Crippen molar-refractivity contribution in [2.75, 3.05) is 26.2 Å². The second-order valence-corrected chi connectivity index (χ2v) is 6.53. The summed E-state index contributed by atoms with van der Waals surface area (Å²) in [6.07, 6.45) is 5.08. The fourth-order valence-electron chi connectivity index (χ4n) is 3.64. The van der Waals surface area contributed by atoms with Gasteiger partial charge in [0.2, 0.25) is 5.91 Å². The molecule has 0 aromatic carbocycles. The first-order valence-electron chi connectivity index (χ1n) is 7.88. The summed E-state index contributed by atoms with van der Waals surface area (Å²) < 4.78 is 0. The highest BCUT2D eigenvalue weighted by Crippen LogP contribution is 2.32. The Labute approximate surface area is 127 Å². The third kappa shape index (κ3) is 2.70. The van der Waals surface area contributed by atoms with Gasteiger partial charge < -0.3 is 10.6 Å². The highest BCUT2D eigenvalue weighted by molar-refractivity contribution is 7.80. The normalized spacial score (nSPS) is 24.3. The van der Waals surface area contributed by atoms with Crippen LogP contribution in [0.4, 0.5) is 0 Å². The van der Waals surface area contributed by atoms with Gasteiger partial charge >= 0.3 is 0 Å². The van der Waals surface area contributed by atoms with Crippen molar-refractivity contribution in [3.05, 3.63) is 0 Å². The molecule has 2 heterocycles. The molecule has 114 valence electrons. The number of thiocarbonyl (C=S) groups is 1. The predicted octanol–water partition coefficient (Wildman–Crippen LogP) is 1.78. The number of likely N-dealkylation sites (tertiary alicyclic amines) is 2. The molecular weight excluding hydrogens is 270 g/mol. The van der Waals surface area contributed by atoms with E-state index in [9.17, 15) is 4.79 Å². The largest absolute Gasteiger partial charge is 0.392 e. The van der Waals surface area contributed by atoms with E-state index in [0.717, 1.165) is 19.5 Å². The van der Waals surface area contributed by atoms with E-state index in [1.165, 1.54) is 25.9 Å². The number of nitrogens with zero attached hydrogens (tertiary/aromatic N) is 2. The van der Waals surface area contributed by atoms with Crippen LogP contribution in [0.3, 0.4) is 0 Å². The van der Waals surface area contributed by atoms with Crippen LogP contribution < -0.4 is 5.73 Å². The van der Waals surface area contributed by atoms with E-state index in [-0.39, 0.29) is 5.91 Å². The summed E-state index contributed by atoms with van der Waals surface area (Å²) in [5.41, 5.74) is 5.26. The zero-order valence-corrected chi connectivity index (χ0v) is 13.5. The van der Waals surface area contributed by atoms with Crippen molar-refractivity contribution in [1.29, 1.82) is 0 Å². The van der Waals surface area contributed by atoms with Gasteiger partial charge in [0, 0.05) is 19.1 Å². The average molecular weight is 297 g/mol. The van der Waals surface area contributed by atoms with Gasteiger partial charge in [-0.15, -0.1) is 0 Å². The number of carbonyl (C=O) groups excluding carboxylic acids is 1. The van der Waals surface area contributed by atoms with Gasteiger partial charge in [-0.05, 0) is 45.2 Å². The molecule has 0 aromatic heterocycles. The Morgan fingerprint density at radius 1 is 1.25 bits per heavy atom. The quantitative estimate of drug-likeness (QED) is 0.786. The minimum absolute atomic E-state index is 0.150. The average Bonchev–Trinajstić information content (AvgIpc) is 3.11. The van der Waals surface area contributed by atoms with Gasteiger partial charge in [0.05, 0.1) is 10.4 Å². The Hall–Kier alpha value is -0.680. The van der Waals surface area contributed by atoms with Crippen LogP contribution in [-0.2, 0) is 4.79 Å². The zero-order valence-electron chi connectivity index (χ0n) is 12.7. The Morgan fingerprint density at radius 3 is 2.35 bits per heavy atom. The molecule has 1 amide bonds. The molecule has 5 heteroatoms. The monoisotopic (exact) mass is 297 g/mol. The van der Waals surface area contributed by atoms with Gasteiger partial charge in [0.1, 0.15) is 0 Å². The second-order valence-electron chi connectivity index (χ2n) is 6.09.